The van der Waals surface area contributed by atoms with Gasteiger partial charge in [-0.05, 0) is 31.2 Å². The van der Waals surface area contributed by atoms with Crippen LogP contribution in [0.3, 0.4) is 0 Å². The number of nitrogens with two attached hydrogens (primary N) is 1. The van der Waals surface area contributed by atoms with Crippen LogP contribution in [-0.4, -0.2) is 9.78 Å². The topological polar surface area (TPSA) is 43.8 Å². The molecule has 2 aromatic carbocycles. The van der Waals surface area contributed by atoms with E-state index in [9.17, 15) is 0 Å². The summed E-state index contributed by atoms with van der Waals surface area (Å²) in [5.74, 6) is 0. The van der Waals surface area contributed by atoms with Gasteiger partial charge in [0.15, 0.2) is 0 Å². The van der Waals surface area contributed by atoms with Gasteiger partial charge in [0.1, 0.15) is 0 Å². The van der Waals surface area contributed by atoms with Crippen molar-refractivity contribution in [3.05, 3.63) is 54.2 Å². The molecule has 0 radical (unpaired) electrons. The molecule has 0 atom stereocenters. The summed E-state index contributed by atoms with van der Waals surface area (Å²) >= 11 is 0. The molecule has 3 aromatic rings. The zero-order valence-electron chi connectivity index (χ0n) is 9.59. The maximum atomic E-state index is 5.92. The molecular weight excluding hydrogens is 210 g/mol. The van der Waals surface area contributed by atoms with Crippen molar-refractivity contribution < 1.29 is 0 Å². The van der Waals surface area contributed by atoms with Crippen LogP contribution in [0.25, 0.3) is 16.6 Å². The molecule has 0 unspecified atom stereocenters. The highest BCUT2D eigenvalue weighted by atomic mass is 15.3. The molecule has 0 saturated heterocycles. The molecule has 0 saturated carbocycles. The fraction of sp³-hybridized carbons (Fsp3) is 0.0714. The van der Waals surface area contributed by atoms with Gasteiger partial charge in [-0.3, -0.25) is 0 Å². The zero-order chi connectivity index (χ0) is 11.8. The maximum absolute atomic E-state index is 5.92. The molecule has 3 rings (SSSR count). The standard InChI is InChI=1S/C14H13N3/c1-10-5-7-11(8-6-10)17-14-4-2-3-13(15)12(14)9-16-17/h2-9H,15H2,1H3. The Bertz CT molecular complexity index is 666. The lowest BCUT2D eigenvalue weighted by atomic mass is 10.2. The average molecular weight is 223 g/mol. The molecule has 0 bridgehead atoms. The highest BCUT2D eigenvalue weighted by Crippen LogP contribution is 2.23. The van der Waals surface area contributed by atoms with Crippen molar-refractivity contribution in [1.82, 2.24) is 9.78 Å². The van der Waals surface area contributed by atoms with Crippen molar-refractivity contribution in [2.45, 2.75) is 6.92 Å². The molecule has 0 amide bonds. The van der Waals surface area contributed by atoms with Crippen molar-refractivity contribution in [2.75, 3.05) is 5.73 Å². The van der Waals surface area contributed by atoms with Gasteiger partial charge in [0, 0.05) is 11.1 Å². The minimum absolute atomic E-state index is 0.765. The van der Waals surface area contributed by atoms with Gasteiger partial charge < -0.3 is 5.73 Å². The number of aryl methyl sites for hydroxylation is 1. The third kappa shape index (κ3) is 1.56. The summed E-state index contributed by atoms with van der Waals surface area (Å²) in [6, 6.07) is 14.1. The number of fused-ring (bicyclic) bond motifs is 1. The number of rotatable bonds is 1. The number of nitrogen functional groups attached to an aromatic ring is 1. The molecule has 3 nitrogen and oxygen atoms in total. The van der Waals surface area contributed by atoms with Crippen molar-refractivity contribution in [2.24, 2.45) is 0 Å². The second kappa shape index (κ2) is 3.63. The monoisotopic (exact) mass is 223 g/mol. The van der Waals surface area contributed by atoms with E-state index in [-0.39, 0.29) is 0 Å². The SMILES string of the molecule is Cc1ccc(-n2ncc3c(N)cccc32)cc1. The van der Waals surface area contributed by atoms with Crippen LogP contribution >= 0.6 is 0 Å². The van der Waals surface area contributed by atoms with E-state index in [0.717, 1.165) is 22.3 Å². The van der Waals surface area contributed by atoms with Crippen LogP contribution < -0.4 is 5.73 Å². The summed E-state index contributed by atoms with van der Waals surface area (Å²) in [5, 5.41) is 5.39. The number of nitrogens with zero attached hydrogens (tertiary/aromatic N) is 2. The highest BCUT2D eigenvalue weighted by molar-refractivity contribution is 5.91. The Balaban J connectivity index is 2.24. The van der Waals surface area contributed by atoms with E-state index in [1.54, 1.807) is 0 Å². The quantitative estimate of drug-likeness (QED) is 0.644. The van der Waals surface area contributed by atoms with Crippen molar-refractivity contribution in [1.29, 1.82) is 0 Å². The highest BCUT2D eigenvalue weighted by Gasteiger charge is 2.06. The van der Waals surface area contributed by atoms with Crippen molar-refractivity contribution in [3.63, 3.8) is 0 Å². The Hall–Kier alpha value is -2.29. The first-order chi connectivity index (χ1) is 8.25. The van der Waals surface area contributed by atoms with E-state index in [4.69, 9.17) is 5.73 Å². The lowest BCUT2D eigenvalue weighted by molar-refractivity contribution is 0.910. The van der Waals surface area contributed by atoms with E-state index in [1.165, 1.54) is 5.56 Å². The molecule has 1 aromatic heterocycles. The van der Waals surface area contributed by atoms with Gasteiger partial charge in [-0.2, -0.15) is 5.10 Å². The minimum Gasteiger partial charge on any atom is -0.398 e. The number of anilines is 1. The Labute approximate surface area is 99.5 Å². The lowest BCUT2D eigenvalue weighted by Gasteiger charge is -2.04. The van der Waals surface area contributed by atoms with Crippen LogP contribution in [0.1, 0.15) is 5.56 Å². The summed E-state index contributed by atoms with van der Waals surface area (Å²) < 4.78 is 1.91. The molecular formula is C14H13N3. The molecule has 2 N–H and O–H groups in total. The van der Waals surface area contributed by atoms with Crippen LogP contribution in [0.2, 0.25) is 0 Å². The van der Waals surface area contributed by atoms with Crippen molar-refractivity contribution in [3.8, 4) is 5.69 Å². The second-order valence-corrected chi connectivity index (χ2v) is 4.17. The molecule has 17 heavy (non-hydrogen) atoms. The van der Waals surface area contributed by atoms with E-state index < -0.39 is 0 Å². The first-order valence-electron chi connectivity index (χ1n) is 5.55. The van der Waals surface area contributed by atoms with Crippen LogP contribution in [0.15, 0.2) is 48.7 Å². The molecule has 0 spiro atoms. The molecule has 0 fully saturated rings. The number of benzene rings is 2. The van der Waals surface area contributed by atoms with Gasteiger partial charge in [-0.15, -0.1) is 0 Å². The maximum Gasteiger partial charge on any atom is 0.0761 e. The van der Waals surface area contributed by atoms with Crippen LogP contribution in [0.4, 0.5) is 5.69 Å². The van der Waals surface area contributed by atoms with Crippen LogP contribution in [0.5, 0.6) is 0 Å². The summed E-state index contributed by atoms with van der Waals surface area (Å²) in [5.41, 5.74) is 10.0. The molecule has 0 aliphatic carbocycles. The summed E-state index contributed by atoms with van der Waals surface area (Å²) in [4.78, 5) is 0. The fourth-order valence-corrected chi connectivity index (χ4v) is 1.97. The third-order valence-electron chi connectivity index (χ3n) is 2.93. The Morgan fingerprint density at radius 3 is 2.59 bits per heavy atom. The molecule has 0 aliphatic rings. The summed E-state index contributed by atoms with van der Waals surface area (Å²) in [6.07, 6.45) is 1.81. The Kier molecular flexibility index (Phi) is 2.11. The molecule has 3 heteroatoms. The normalized spacial score (nSPS) is 10.9. The van der Waals surface area contributed by atoms with Gasteiger partial charge in [-0.25, -0.2) is 4.68 Å². The summed E-state index contributed by atoms with van der Waals surface area (Å²) in [7, 11) is 0. The lowest BCUT2D eigenvalue weighted by Crippen LogP contribution is -1.95. The molecule has 84 valence electrons. The van der Waals surface area contributed by atoms with E-state index in [1.807, 2.05) is 29.1 Å². The molecule has 0 aliphatic heterocycles. The predicted molar refractivity (Wildman–Crippen MR) is 70.2 cm³/mol. The third-order valence-corrected chi connectivity index (χ3v) is 2.93. The number of aromatic nitrogens is 2. The Morgan fingerprint density at radius 2 is 1.82 bits per heavy atom. The largest absolute Gasteiger partial charge is 0.398 e. The molecule has 1 heterocycles. The average Bonchev–Trinajstić information content (AvgIpc) is 2.75. The summed E-state index contributed by atoms with van der Waals surface area (Å²) in [6.45, 7) is 2.07. The second-order valence-electron chi connectivity index (χ2n) is 4.17. The Morgan fingerprint density at radius 1 is 1.06 bits per heavy atom. The van der Waals surface area contributed by atoms with E-state index >= 15 is 0 Å². The smallest absolute Gasteiger partial charge is 0.0761 e. The first kappa shape index (κ1) is 9.90. The van der Waals surface area contributed by atoms with Gasteiger partial charge >= 0.3 is 0 Å². The van der Waals surface area contributed by atoms with Crippen molar-refractivity contribution >= 4 is 16.6 Å². The van der Waals surface area contributed by atoms with Crippen LogP contribution in [0, 0.1) is 6.92 Å². The number of hydrogen-bond donors (Lipinski definition) is 1. The number of hydrogen-bond acceptors (Lipinski definition) is 2. The van der Waals surface area contributed by atoms with Crippen LogP contribution in [-0.2, 0) is 0 Å². The van der Waals surface area contributed by atoms with E-state index in [2.05, 4.69) is 36.3 Å². The minimum atomic E-state index is 0.765. The zero-order valence-corrected chi connectivity index (χ0v) is 9.59. The van der Waals surface area contributed by atoms with E-state index in [0.29, 0.717) is 0 Å². The fourth-order valence-electron chi connectivity index (χ4n) is 1.97. The van der Waals surface area contributed by atoms with Gasteiger partial charge in [0.25, 0.3) is 0 Å². The first-order valence-corrected chi connectivity index (χ1v) is 5.55. The van der Waals surface area contributed by atoms with Gasteiger partial charge in [0.05, 0.1) is 17.4 Å². The van der Waals surface area contributed by atoms with Gasteiger partial charge in [-0.1, -0.05) is 23.8 Å². The predicted octanol–water partition coefficient (Wildman–Crippen LogP) is 2.92. The van der Waals surface area contributed by atoms with Gasteiger partial charge in [0.2, 0.25) is 0 Å².